The summed E-state index contributed by atoms with van der Waals surface area (Å²) in [6.45, 7) is 3.83. The van der Waals surface area contributed by atoms with E-state index in [1.165, 1.54) is 6.07 Å². The lowest BCUT2D eigenvalue weighted by atomic mass is 10.0. The van der Waals surface area contributed by atoms with Gasteiger partial charge in [-0.25, -0.2) is 4.39 Å². The molecule has 1 N–H and O–H groups in total. The fourth-order valence-electron chi connectivity index (χ4n) is 4.06. The summed E-state index contributed by atoms with van der Waals surface area (Å²) in [6.07, 6.45) is 1.95. The second kappa shape index (κ2) is 7.54. The predicted octanol–water partition coefficient (Wildman–Crippen LogP) is 4.98. The molecule has 2 aromatic carbocycles. The molecule has 1 atom stereocenters. The molecule has 2 aromatic heterocycles. The number of amides is 1. The van der Waals surface area contributed by atoms with Gasteiger partial charge < -0.3 is 14.5 Å². The summed E-state index contributed by atoms with van der Waals surface area (Å²) in [4.78, 5) is 16.9. The molecule has 0 radical (unpaired) electrons. The molecule has 0 saturated heterocycles. The van der Waals surface area contributed by atoms with Crippen LogP contribution in [0.15, 0.2) is 59.1 Å². The molecule has 6 heteroatoms. The number of rotatable bonds is 4. The van der Waals surface area contributed by atoms with Crippen molar-refractivity contribution < 1.29 is 18.3 Å². The number of aryl methyl sites for hydroxylation is 2. The molecule has 5 nitrogen and oxygen atoms in total. The van der Waals surface area contributed by atoms with Crippen LogP contribution in [0, 0.1) is 19.7 Å². The van der Waals surface area contributed by atoms with Crippen molar-refractivity contribution in [1.82, 2.24) is 10.3 Å². The van der Waals surface area contributed by atoms with Crippen LogP contribution in [0.4, 0.5) is 4.39 Å². The third kappa shape index (κ3) is 3.65. The Morgan fingerprint density at radius 2 is 2.00 bits per heavy atom. The number of ether oxygens (including phenoxy) is 1. The number of fused-ring (bicyclic) bond motifs is 2. The Balaban J connectivity index is 1.33. The van der Waals surface area contributed by atoms with Crippen molar-refractivity contribution in [1.29, 1.82) is 0 Å². The van der Waals surface area contributed by atoms with E-state index in [1.807, 2.05) is 36.4 Å². The highest BCUT2D eigenvalue weighted by molar-refractivity contribution is 5.95. The fourth-order valence-corrected chi connectivity index (χ4v) is 4.06. The van der Waals surface area contributed by atoms with Crippen LogP contribution in [0.5, 0.6) is 5.75 Å². The molecule has 31 heavy (non-hydrogen) atoms. The molecule has 1 amide bonds. The van der Waals surface area contributed by atoms with Crippen molar-refractivity contribution in [3.8, 4) is 16.9 Å². The molecule has 1 aliphatic heterocycles. The van der Waals surface area contributed by atoms with E-state index in [2.05, 4.69) is 10.3 Å². The normalized spacial score (nSPS) is 15.0. The Labute approximate surface area is 178 Å². The summed E-state index contributed by atoms with van der Waals surface area (Å²) in [5.74, 6) is 0.885. The van der Waals surface area contributed by atoms with Crippen molar-refractivity contribution in [2.45, 2.75) is 26.4 Å². The van der Waals surface area contributed by atoms with Gasteiger partial charge in [-0.1, -0.05) is 18.2 Å². The zero-order valence-electron chi connectivity index (χ0n) is 17.2. The number of carbonyl (C=O) groups is 1. The zero-order valence-corrected chi connectivity index (χ0v) is 17.2. The van der Waals surface area contributed by atoms with Crippen molar-refractivity contribution in [2.24, 2.45) is 0 Å². The van der Waals surface area contributed by atoms with Gasteiger partial charge >= 0.3 is 0 Å². The van der Waals surface area contributed by atoms with Gasteiger partial charge in [-0.3, -0.25) is 9.78 Å². The van der Waals surface area contributed by atoms with E-state index in [-0.39, 0.29) is 24.3 Å². The van der Waals surface area contributed by atoms with Crippen molar-refractivity contribution >= 4 is 16.8 Å². The summed E-state index contributed by atoms with van der Waals surface area (Å²) < 4.78 is 26.0. The Morgan fingerprint density at radius 1 is 1.16 bits per heavy atom. The standard InChI is InChI=1S/C25H21FN2O3/c1-14-7-21(15(2)30-14)25(29)28-13-20-10-18-9-17(11-22(26)24(18)31-20)19-8-16-5-3-4-6-23(16)27-12-19/h3-9,11-12,20H,10,13H2,1-2H3,(H,28,29). The van der Waals surface area contributed by atoms with E-state index in [9.17, 15) is 9.18 Å². The highest BCUT2D eigenvalue weighted by atomic mass is 19.1. The van der Waals surface area contributed by atoms with Crippen LogP contribution in [-0.2, 0) is 6.42 Å². The highest BCUT2D eigenvalue weighted by Gasteiger charge is 2.27. The number of aromatic nitrogens is 1. The van der Waals surface area contributed by atoms with Gasteiger partial charge in [-0.2, -0.15) is 0 Å². The highest BCUT2D eigenvalue weighted by Crippen LogP contribution is 2.36. The molecule has 3 heterocycles. The number of furan rings is 1. The van der Waals surface area contributed by atoms with Gasteiger partial charge in [-0.15, -0.1) is 0 Å². The Morgan fingerprint density at radius 3 is 2.81 bits per heavy atom. The first-order valence-corrected chi connectivity index (χ1v) is 10.2. The summed E-state index contributed by atoms with van der Waals surface area (Å²) in [7, 11) is 0. The smallest absolute Gasteiger partial charge is 0.254 e. The average molecular weight is 416 g/mol. The maximum atomic E-state index is 14.8. The van der Waals surface area contributed by atoms with E-state index in [4.69, 9.17) is 9.15 Å². The quantitative estimate of drug-likeness (QED) is 0.509. The number of para-hydroxylation sites is 1. The number of benzene rings is 2. The largest absolute Gasteiger partial charge is 0.485 e. The van der Waals surface area contributed by atoms with E-state index in [0.29, 0.717) is 23.5 Å². The van der Waals surface area contributed by atoms with E-state index < -0.39 is 5.82 Å². The van der Waals surface area contributed by atoms with Crippen LogP contribution in [0.3, 0.4) is 0 Å². The number of halogens is 1. The summed E-state index contributed by atoms with van der Waals surface area (Å²) in [5.41, 5.74) is 3.80. The van der Waals surface area contributed by atoms with Crippen LogP contribution in [0.1, 0.15) is 27.4 Å². The van der Waals surface area contributed by atoms with Gasteiger partial charge in [0.2, 0.25) is 0 Å². The number of pyridine rings is 1. The molecule has 4 aromatic rings. The van der Waals surface area contributed by atoms with Gasteiger partial charge in [0, 0.05) is 29.1 Å². The van der Waals surface area contributed by atoms with Crippen molar-refractivity contribution in [2.75, 3.05) is 6.54 Å². The van der Waals surface area contributed by atoms with E-state index in [1.54, 1.807) is 26.1 Å². The van der Waals surface area contributed by atoms with Gasteiger partial charge in [0.05, 0.1) is 17.6 Å². The molecule has 0 fully saturated rings. The van der Waals surface area contributed by atoms with E-state index >= 15 is 0 Å². The Kier molecular flexibility index (Phi) is 4.70. The lowest BCUT2D eigenvalue weighted by molar-refractivity contribution is 0.0931. The van der Waals surface area contributed by atoms with Gasteiger partial charge in [-0.05, 0) is 49.7 Å². The first kappa shape index (κ1) is 19.3. The minimum Gasteiger partial charge on any atom is -0.485 e. The second-order valence-corrected chi connectivity index (χ2v) is 7.84. The van der Waals surface area contributed by atoms with E-state index in [0.717, 1.165) is 27.6 Å². The second-order valence-electron chi connectivity index (χ2n) is 7.84. The number of hydrogen-bond donors (Lipinski definition) is 1. The van der Waals surface area contributed by atoms with Gasteiger partial charge in [0.1, 0.15) is 17.6 Å². The predicted molar refractivity (Wildman–Crippen MR) is 116 cm³/mol. The van der Waals surface area contributed by atoms with Crippen LogP contribution in [-0.4, -0.2) is 23.5 Å². The van der Waals surface area contributed by atoms with Crippen LogP contribution in [0.2, 0.25) is 0 Å². The molecule has 0 aliphatic carbocycles. The third-order valence-corrected chi connectivity index (χ3v) is 5.55. The van der Waals surface area contributed by atoms with Crippen LogP contribution in [0.25, 0.3) is 22.0 Å². The maximum absolute atomic E-state index is 14.8. The maximum Gasteiger partial charge on any atom is 0.254 e. The first-order chi connectivity index (χ1) is 15.0. The topological polar surface area (TPSA) is 64.4 Å². The minimum absolute atomic E-state index is 0.225. The molecular formula is C25H21FN2O3. The number of nitrogens with zero attached hydrogens (tertiary/aromatic N) is 1. The Hall–Kier alpha value is -3.67. The van der Waals surface area contributed by atoms with Gasteiger partial charge in [0.15, 0.2) is 11.6 Å². The summed E-state index contributed by atoms with van der Waals surface area (Å²) >= 11 is 0. The van der Waals surface area contributed by atoms with Crippen molar-refractivity contribution in [3.05, 3.63) is 83.2 Å². The van der Waals surface area contributed by atoms with Crippen LogP contribution >= 0.6 is 0 Å². The monoisotopic (exact) mass is 416 g/mol. The number of carbonyl (C=O) groups excluding carboxylic acids is 1. The number of nitrogens with one attached hydrogen (secondary N) is 1. The molecule has 0 saturated carbocycles. The Bertz CT molecular complexity index is 1310. The molecule has 0 spiro atoms. The first-order valence-electron chi connectivity index (χ1n) is 10.2. The lowest BCUT2D eigenvalue weighted by Gasteiger charge is -2.12. The number of hydrogen-bond acceptors (Lipinski definition) is 4. The molecular weight excluding hydrogens is 395 g/mol. The minimum atomic E-state index is -0.407. The van der Waals surface area contributed by atoms with Crippen LogP contribution < -0.4 is 10.1 Å². The lowest BCUT2D eigenvalue weighted by Crippen LogP contribution is -2.34. The van der Waals surface area contributed by atoms with Crippen molar-refractivity contribution in [3.63, 3.8) is 0 Å². The summed E-state index contributed by atoms with van der Waals surface area (Å²) in [5, 5.41) is 3.86. The molecule has 156 valence electrons. The fraction of sp³-hybridized carbons (Fsp3) is 0.200. The SMILES string of the molecule is Cc1cc(C(=O)NCC2Cc3cc(-c4cnc5ccccc5c4)cc(F)c3O2)c(C)o1. The molecule has 1 aliphatic rings. The zero-order chi connectivity index (χ0) is 21.5. The summed E-state index contributed by atoms with van der Waals surface area (Å²) in [6, 6.07) is 15.0. The third-order valence-electron chi connectivity index (χ3n) is 5.55. The molecule has 5 rings (SSSR count). The average Bonchev–Trinajstić information content (AvgIpc) is 3.34. The van der Waals surface area contributed by atoms with Gasteiger partial charge in [0.25, 0.3) is 5.91 Å². The molecule has 0 bridgehead atoms. The molecule has 1 unspecified atom stereocenters.